The van der Waals surface area contributed by atoms with Crippen molar-refractivity contribution in [3.63, 3.8) is 0 Å². The number of imidazole rings is 2. The molecule has 0 spiro atoms. The number of carbonyl (C=O) groups is 2. The summed E-state index contributed by atoms with van der Waals surface area (Å²) in [4.78, 5) is 49.7. The number of esters is 2. The maximum Gasteiger partial charge on any atom is 0.337 e. The SMILES string of the molecule is COC(=O)[C@H]1O[C@@H](n2cnc3c(NCCCNc4ncnc5c4ncn5[C@@H]4O[C@H](C(=O)OC)[C@@H](O)[C@H](O)[C@H]4O)ncnc32)[C@H](O)[C@@H](O)[C@@H]1O. The fourth-order valence-corrected chi connectivity index (χ4v) is 5.64. The molecule has 2 aliphatic heterocycles. The number of aliphatic hydroxyl groups is 6. The zero-order chi connectivity index (χ0) is 35.0. The molecule has 6 rings (SSSR count). The van der Waals surface area contributed by atoms with Crippen LogP contribution in [0.4, 0.5) is 11.6 Å². The number of aliphatic hydroxyl groups excluding tert-OH is 6. The molecule has 0 aromatic carbocycles. The van der Waals surface area contributed by atoms with Gasteiger partial charge in [0.25, 0.3) is 0 Å². The molecule has 2 saturated heterocycles. The van der Waals surface area contributed by atoms with E-state index in [9.17, 15) is 40.2 Å². The number of aromatic nitrogens is 8. The molecule has 0 amide bonds. The van der Waals surface area contributed by atoms with E-state index in [4.69, 9.17) is 9.47 Å². The van der Waals surface area contributed by atoms with Crippen molar-refractivity contribution in [2.75, 3.05) is 37.9 Å². The van der Waals surface area contributed by atoms with Gasteiger partial charge in [-0.05, 0) is 6.42 Å². The van der Waals surface area contributed by atoms with Crippen LogP contribution in [0, 0.1) is 0 Å². The van der Waals surface area contributed by atoms with Crippen LogP contribution >= 0.6 is 0 Å². The number of hydrogen-bond acceptors (Lipinski definition) is 20. The Kier molecular flexibility index (Phi) is 9.80. The maximum absolute atomic E-state index is 12.1. The number of nitrogens with one attached hydrogen (secondary N) is 2. The number of anilines is 2. The molecule has 0 bridgehead atoms. The van der Waals surface area contributed by atoms with Crippen molar-refractivity contribution < 1.29 is 59.2 Å². The lowest BCUT2D eigenvalue weighted by Crippen LogP contribution is -2.58. The second-order valence-corrected chi connectivity index (χ2v) is 11.2. The van der Waals surface area contributed by atoms with Gasteiger partial charge in [0.05, 0.1) is 26.9 Å². The molecule has 22 nitrogen and oxygen atoms in total. The normalized spacial score (nSPS) is 30.3. The maximum atomic E-state index is 12.1. The fourth-order valence-electron chi connectivity index (χ4n) is 5.64. The molecule has 0 unspecified atom stereocenters. The van der Waals surface area contributed by atoms with Gasteiger partial charge in [-0.1, -0.05) is 0 Å². The van der Waals surface area contributed by atoms with Crippen LogP contribution in [0.3, 0.4) is 0 Å². The van der Waals surface area contributed by atoms with Crippen LogP contribution in [0.25, 0.3) is 22.3 Å². The minimum atomic E-state index is -1.72. The monoisotopic (exact) mass is 690 g/mol. The number of ether oxygens (including phenoxy) is 4. The fraction of sp³-hybridized carbons (Fsp3) is 0.556. The third-order valence-corrected chi connectivity index (χ3v) is 8.25. The van der Waals surface area contributed by atoms with Gasteiger partial charge in [0, 0.05) is 13.1 Å². The smallest absolute Gasteiger partial charge is 0.337 e. The second-order valence-electron chi connectivity index (χ2n) is 11.2. The largest absolute Gasteiger partial charge is 0.467 e. The lowest BCUT2D eigenvalue weighted by atomic mass is 9.98. The van der Waals surface area contributed by atoms with Crippen LogP contribution in [0.2, 0.25) is 0 Å². The predicted molar refractivity (Wildman–Crippen MR) is 160 cm³/mol. The third-order valence-electron chi connectivity index (χ3n) is 8.25. The van der Waals surface area contributed by atoms with Gasteiger partial charge in [-0.15, -0.1) is 0 Å². The summed E-state index contributed by atoms with van der Waals surface area (Å²) in [6.07, 6.45) is -10.2. The molecule has 2 fully saturated rings. The summed E-state index contributed by atoms with van der Waals surface area (Å²) in [6.45, 7) is 0.785. The lowest BCUT2D eigenvalue weighted by Gasteiger charge is -2.39. The number of carbonyl (C=O) groups excluding carboxylic acids is 2. The Bertz CT molecular complexity index is 1680. The highest BCUT2D eigenvalue weighted by molar-refractivity contribution is 5.83. The van der Waals surface area contributed by atoms with E-state index in [1.165, 1.54) is 34.4 Å². The van der Waals surface area contributed by atoms with Crippen LogP contribution in [-0.4, -0.2) is 158 Å². The van der Waals surface area contributed by atoms with Crippen molar-refractivity contribution in [1.82, 2.24) is 39.0 Å². The van der Waals surface area contributed by atoms with E-state index in [0.717, 1.165) is 14.2 Å². The topological polar surface area (TPSA) is 304 Å². The van der Waals surface area contributed by atoms with Crippen molar-refractivity contribution in [2.45, 2.75) is 67.7 Å². The van der Waals surface area contributed by atoms with Crippen molar-refractivity contribution in [2.24, 2.45) is 0 Å². The molecular weight excluding hydrogens is 656 g/mol. The molecule has 4 aromatic rings. The quantitative estimate of drug-likeness (QED) is 0.0584. The number of hydrogen-bond donors (Lipinski definition) is 8. The first kappa shape index (κ1) is 34.2. The van der Waals surface area contributed by atoms with E-state index in [1.807, 2.05) is 0 Å². The lowest BCUT2D eigenvalue weighted by molar-refractivity contribution is -0.247. The summed E-state index contributed by atoms with van der Waals surface area (Å²) < 4.78 is 23.1. The molecule has 6 heterocycles. The number of nitrogens with zero attached hydrogens (tertiary/aromatic N) is 8. The van der Waals surface area contributed by atoms with Crippen molar-refractivity contribution in [3.05, 3.63) is 25.3 Å². The van der Waals surface area contributed by atoms with Crippen LogP contribution < -0.4 is 10.6 Å². The highest BCUT2D eigenvalue weighted by atomic mass is 16.6. The number of fused-ring (bicyclic) bond motifs is 2. The van der Waals surface area contributed by atoms with Gasteiger partial charge in [0.2, 0.25) is 0 Å². The van der Waals surface area contributed by atoms with Gasteiger partial charge in [0.15, 0.2) is 58.6 Å². The highest BCUT2D eigenvalue weighted by Crippen LogP contribution is 2.33. The minimum absolute atomic E-state index is 0.220. The first-order valence-corrected chi connectivity index (χ1v) is 14.9. The summed E-state index contributed by atoms with van der Waals surface area (Å²) in [7, 11) is 2.20. The Morgan fingerprint density at radius 2 is 1.06 bits per heavy atom. The van der Waals surface area contributed by atoms with Gasteiger partial charge in [-0.2, -0.15) is 0 Å². The summed E-state index contributed by atoms with van der Waals surface area (Å²) in [6, 6.07) is 0. The van der Waals surface area contributed by atoms with Crippen molar-refractivity contribution >= 4 is 45.9 Å². The van der Waals surface area contributed by atoms with Crippen LogP contribution in [-0.2, 0) is 28.5 Å². The molecule has 49 heavy (non-hydrogen) atoms. The molecule has 0 saturated carbocycles. The summed E-state index contributed by atoms with van der Waals surface area (Å²) in [5.41, 5.74) is 1.06. The molecular formula is C27H34N10O12. The molecule has 264 valence electrons. The molecule has 10 atom stereocenters. The second kappa shape index (κ2) is 14.0. The molecule has 2 aliphatic rings. The van der Waals surface area contributed by atoms with Crippen molar-refractivity contribution in [3.8, 4) is 0 Å². The Morgan fingerprint density at radius 3 is 1.45 bits per heavy atom. The Balaban J connectivity index is 1.10. The first-order valence-electron chi connectivity index (χ1n) is 14.9. The molecule has 22 heteroatoms. The van der Waals surface area contributed by atoms with Gasteiger partial charge >= 0.3 is 11.9 Å². The number of methoxy groups -OCH3 is 2. The van der Waals surface area contributed by atoms with Crippen LogP contribution in [0.1, 0.15) is 18.9 Å². The van der Waals surface area contributed by atoms with Crippen LogP contribution in [0.15, 0.2) is 25.3 Å². The summed E-state index contributed by atoms with van der Waals surface area (Å²) in [5, 5.41) is 68.7. The third kappa shape index (κ3) is 6.19. The Hall–Kier alpha value is -4.68. The van der Waals surface area contributed by atoms with E-state index in [1.54, 1.807) is 0 Å². The predicted octanol–water partition coefficient (Wildman–Crippen LogP) is -3.81. The van der Waals surface area contributed by atoms with Crippen LogP contribution in [0.5, 0.6) is 0 Å². The van der Waals surface area contributed by atoms with Gasteiger partial charge < -0.3 is 60.2 Å². The summed E-state index contributed by atoms with van der Waals surface area (Å²) >= 11 is 0. The molecule has 0 aliphatic carbocycles. The Labute approximate surface area is 275 Å². The van der Waals surface area contributed by atoms with E-state index >= 15 is 0 Å². The zero-order valence-corrected chi connectivity index (χ0v) is 25.9. The van der Waals surface area contributed by atoms with Gasteiger partial charge in [-0.25, -0.2) is 39.5 Å². The van der Waals surface area contributed by atoms with E-state index < -0.39 is 73.2 Å². The molecule has 0 radical (unpaired) electrons. The van der Waals surface area contributed by atoms with Gasteiger partial charge in [0.1, 0.15) is 49.3 Å². The highest BCUT2D eigenvalue weighted by Gasteiger charge is 2.49. The minimum Gasteiger partial charge on any atom is -0.467 e. The first-order chi connectivity index (χ1) is 23.6. The molecule has 4 aromatic heterocycles. The summed E-state index contributed by atoms with van der Waals surface area (Å²) in [5.74, 6) is -1.15. The molecule has 8 N–H and O–H groups in total. The van der Waals surface area contributed by atoms with E-state index in [2.05, 4.69) is 50.0 Å². The average molecular weight is 691 g/mol. The zero-order valence-electron chi connectivity index (χ0n) is 25.9. The Morgan fingerprint density at radius 1 is 0.653 bits per heavy atom. The van der Waals surface area contributed by atoms with Crippen molar-refractivity contribution in [1.29, 1.82) is 0 Å². The standard InChI is InChI=1S/C27H34N10O12/c1-46-26(44)18-14(40)12(38)16(42)24(48-18)36-8-34-10-20(30-6-32-22(10)36)28-4-3-5-29-21-11-23(33-7-31-21)37(9-35-11)25-17(43)13(39)15(41)19(49-25)27(45)47-2/h6-9,12-19,24-25,38-43H,3-5H2,1-2H3,(H,28,30,32)(H,29,31,33)/t12-,13-,14-,15-,16+,17+,18-,19-,24+,25+/m0/s1. The number of rotatable bonds is 10. The van der Waals surface area contributed by atoms with E-state index in [-0.39, 0.29) is 11.3 Å². The van der Waals surface area contributed by atoms with E-state index in [0.29, 0.717) is 42.2 Å². The average Bonchev–Trinajstić information content (AvgIpc) is 3.75. The van der Waals surface area contributed by atoms with Gasteiger partial charge in [-0.3, -0.25) is 9.13 Å².